The summed E-state index contributed by atoms with van der Waals surface area (Å²) in [7, 11) is 0. The summed E-state index contributed by atoms with van der Waals surface area (Å²) in [6.45, 7) is 2.14. The molecule has 19 heavy (non-hydrogen) atoms. The monoisotopic (exact) mass is 263 g/mol. The van der Waals surface area contributed by atoms with Crippen LogP contribution in [0.15, 0.2) is 30.3 Å². The van der Waals surface area contributed by atoms with Gasteiger partial charge < -0.3 is 14.8 Å². The van der Waals surface area contributed by atoms with Crippen molar-refractivity contribution in [3.8, 4) is 0 Å². The Morgan fingerprint density at radius 2 is 2.16 bits per heavy atom. The fourth-order valence-electron chi connectivity index (χ4n) is 1.91. The van der Waals surface area contributed by atoms with Crippen LogP contribution < -0.4 is 5.32 Å². The van der Waals surface area contributed by atoms with Crippen molar-refractivity contribution < 1.29 is 19.1 Å². The highest BCUT2D eigenvalue weighted by Gasteiger charge is 2.33. The van der Waals surface area contributed by atoms with E-state index in [1.165, 1.54) is 0 Å². The molecule has 1 aliphatic rings. The predicted octanol–water partition coefficient (Wildman–Crippen LogP) is 0.676. The van der Waals surface area contributed by atoms with Gasteiger partial charge in [-0.1, -0.05) is 30.3 Å². The Labute approximate surface area is 111 Å². The number of nitrogens with one attached hydrogen (secondary N) is 1. The Kier molecular flexibility index (Phi) is 4.65. The molecule has 2 atom stereocenters. The second-order valence-electron chi connectivity index (χ2n) is 4.51. The molecule has 1 aromatic rings. The molecule has 0 spiro atoms. The van der Waals surface area contributed by atoms with Crippen molar-refractivity contribution in [2.24, 2.45) is 0 Å². The molecule has 1 N–H and O–H groups in total. The highest BCUT2D eigenvalue weighted by molar-refractivity contribution is 5.92. The van der Waals surface area contributed by atoms with Gasteiger partial charge in [0.2, 0.25) is 5.91 Å². The minimum Gasteiger partial charge on any atom is -0.368 e. The molecule has 2 rings (SSSR count). The van der Waals surface area contributed by atoms with Crippen LogP contribution in [0.3, 0.4) is 0 Å². The van der Waals surface area contributed by atoms with E-state index in [0.717, 1.165) is 5.56 Å². The molecule has 5 nitrogen and oxygen atoms in total. The fourth-order valence-corrected chi connectivity index (χ4v) is 1.91. The number of rotatable bonds is 5. The number of hydrogen-bond donors (Lipinski definition) is 1. The minimum absolute atomic E-state index is 0.0641. The highest BCUT2D eigenvalue weighted by atomic mass is 16.5. The summed E-state index contributed by atoms with van der Waals surface area (Å²) in [5, 5.41) is 2.63. The summed E-state index contributed by atoms with van der Waals surface area (Å²) >= 11 is 0. The van der Waals surface area contributed by atoms with Crippen LogP contribution >= 0.6 is 0 Å². The lowest BCUT2D eigenvalue weighted by Crippen LogP contribution is -2.45. The molecular weight excluding hydrogens is 246 g/mol. The first-order chi connectivity index (χ1) is 9.16. The van der Waals surface area contributed by atoms with Crippen molar-refractivity contribution in [3.05, 3.63) is 35.9 Å². The average molecular weight is 263 g/mol. The first-order valence-electron chi connectivity index (χ1n) is 6.22. The Morgan fingerprint density at radius 1 is 1.42 bits per heavy atom. The maximum atomic E-state index is 11.6. The van der Waals surface area contributed by atoms with Crippen LogP contribution in [0.25, 0.3) is 0 Å². The Hall–Kier alpha value is -1.72. The molecule has 1 aromatic carbocycles. The largest absolute Gasteiger partial charge is 0.368 e. The van der Waals surface area contributed by atoms with E-state index in [2.05, 4.69) is 5.32 Å². The molecule has 1 saturated heterocycles. The van der Waals surface area contributed by atoms with Crippen molar-refractivity contribution in [2.75, 3.05) is 13.2 Å². The zero-order chi connectivity index (χ0) is 13.7. The number of carbonyl (C=O) groups excluding carboxylic acids is 2. The predicted molar refractivity (Wildman–Crippen MR) is 68.4 cm³/mol. The maximum Gasteiger partial charge on any atom is 0.246 e. The Morgan fingerprint density at radius 3 is 2.79 bits per heavy atom. The quantitative estimate of drug-likeness (QED) is 0.848. The van der Waals surface area contributed by atoms with Crippen LogP contribution in [0.2, 0.25) is 0 Å². The molecule has 0 radical (unpaired) electrons. The van der Waals surface area contributed by atoms with E-state index in [1.807, 2.05) is 30.3 Å². The van der Waals surface area contributed by atoms with Crippen molar-refractivity contribution in [1.82, 2.24) is 5.32 Å². The zero-order valence-corrected chi connectivity index (χ0v) is 10.8. The van der Waals surface area contributed by atoms with E-state index in [4.69, 9.17) is 9.47 Å². The summed E-state index contributed by atoms with van der Waals surface area (Å²) in [5.41, 5.74) is 1.00. The van der Waals surface area contributed by atoms with Crippen molar-refractivity contribution >= 4 is 11.7 Å². The summed E-state index contributed by atoms with van der Waals surface area (Å²) in [4.78, 5) is 23.1. The van der Waals surface area contributed by atoms with Gasteiger partial charge in [-0.05, 0) is 12.5 Å². The highest BCUT2D eigenvalue weighted by Crippen LogP contribution is 2.09. The molecule has 1 unspecified atom stereocenters. The standard InChI is InChI=1S/C14H17NO4/c1-10-14(12(16)8-19-10)15-13(17)9-18-7-11-5-3-2-4-6-11/h2-6,10,14H,7-9H2,1H3,(H,15,17)/t10-,14?/m0/s1. The van der Waals surface area contributed by atoms with Gasteiger partial charge >= 0.3 is 0 Å². The molecule has 102 valence electrons. The number of benzene rings is 1. The van der Waals surface area contributed by atoms with Gasteiger partial charge in [0.1, 0.15) is 19.3 Å². The van der Waals surface area contributed by atoms with Gasteiger partial charge in [0.25, 0.3) is 0 Å². The zero-order valence-electron chi connectivity index (χ0n) is 10.8. The Bertz CT molecular complexity index is 446. The normalized spacial score (nSPS) is 22.5. The third-order valence-corrected chi connectivity index (χ3v) is 2.97. The summed E-state index contributed by atoms with van der Waals surface area (Å²) in [6.07, 6.45) is -0.273. The summed E-state index contributed by atoms with van der Waals surface area (Å²) < 4.78 is 10.4. The smallest absolute Gasteiger partial charge is 0.246 e. The van der Waals surface area contributed by atoms with E-state index >= 15 is 0 Å². The molecule has 0 aliphatic carbocycles. The van der Waals surface area contributed by atoms with E-state index in [-0.39, 0.29) is 31.0 Å². The SMILES string of the molecule is C[C@@H]1OCC(=O)C1NC(=O)COCc1ccccc1. The third-order valence-electron chi connectivity index (χ3n) is 2.97. The van der Waals surface area contributed by atoms with Crippen molar-refractivity contribution in [2.45, 2.75) is 25.7 Å². The number of ketones is 1. The second kappa shape index (κ2) is 6.45. The van der Waals surface area contributed by atoms with E-state index in [0.29, 0.717) is 6.61 Å². The molecule has 1 heterocycles. The van der Waals surface area contributed by atoms with Crippen LogP contribution in [0.4, 0.5) is 0 Å². The third kappa shape index (κ3) is 3.87. The second-order valence-corrected chi connectivity index (χ2v) is 4.51. The van der Waals surface area contributed by atoms with Crippen molar-refractivity contribution in [1.29, 1.82) is 0 Å². The number of Topliss-reactive ketones (excluding diaryl/α,β-unsaturated/α-hetero) is 1. The van der Waals surface area contributed by atoms with Gasteiger partial charge in [-0.3, -0.25) is 9.59 Å². The lowest BCUT2D eigenvalue weighted by molar-refractivity contribution is -0.129. The fraction of sp³-hybridized carbons (Fsp3) is 0.429. The maximum absolute atomic E-state index is 11.6. The molecule has 5 heteroatoms. The van der Waals surface area contributed by atoms with Gasteiger partial charge in [-0.25, -0.2) is 0 Å². The number of hydrogen-bond acceptors (Lipinski definition) is 4. The molecule has 0 bridgehead atoms. The van der Waals surface area contributed by atoms with E-state index in [1.54, 1.807) is 6.92 Å². The van der Waals surface area contributed by atoms with Gasteiger partial charge in [0, 0.05) is 0 Å². The number of ether oxygens (including phenoxy) is 2. The minimum atomic E-state index is -0.548. The summed E-state index contributed by atoms with van der Waals surface area (Å²) in [5.74, 6) is -0.393. The lowest BCUT2D eigenvalue weighted by atomic mass is 10.1. The first kappa shape index (κ1) is 13.7. The van der Waals surface area contributed by atoms with Crippen molar-refractivity contribution in [3.63, 3.8) is 0 Å². The topological polar surface area (TPSA) is 64.6 Å². The van der Waals surface area contributed by atoms with Crippen LogP contribution in [0.1, 0.15) is 12.5 Å². The average Bonchev–Trinajstić information content (AvgIpc) is 2.72. The van der Waals surface area contributed by atoms with Gasteiger partial charge in [0.15, 0.2) is 5.78 Å². The van der Waals surface area contributed by atoms with E-state index in [9.17, 15) is 9.59 Å². The molecular formula is C14H17NO4. The number of carbonyl (C=O) groups is 2. The molecule has 1 aliphatic heterocycles. The molecule has 0 aromatic heterocycles. The van der Waals surface area contributed by atoms with Gasteiger partial charge in [-0.2, -0.15) is 0 Å². The molecule has 0 saturated carbocycles. The van der Waals surface area contributed by atoms with Crippen LogP contribution in [-0.4, -0.2) is 37.0 Å². The van der Waals surface area contributed by atoms with Gasteiger partial charge in [-0.15, -0.1) is 0 Å². The molecule has 1 fully saturated rings. The first-order valence-corrected chi connectivity index (χ1v) is 6.22. The lowest BCUT2D eigenvalue weighted by Gasteiger charge is -2.14. The van der Waals surface area contributed by atoms with Crippen LogP contribution in [0, 0.1) is 0 Å². The number of amides is 1. The molecule has 1 amide bonds. The Balaban J connectivity index is 1.72. The van der Waals surface area contributed by atoms with Crippen LogP contribution in [0.5, 0.6) is 0 Å². The summed E-state index contributed by atoms with van der Waals surface area (Å²) in [6, 6.07) is 9.04. The van der Waals surface area contributed by atoms with Gasteiger partial charge in [0.05, 0.1) is 12.7 Å². The van der Waals surface area contributed by atoms with Crippen LogP contribution in [-0.2, 0) is 25.7 Å². The van der Waals surface area contributed by atoms with E-state index < -0.39 is 6.04 Å².